The van der Waals surface area contributed by atoms with Gasteiger partial charge in [0.2, 0.25) is 0 Å². The van der Waals surface area contributed by atoms with Gasteiger partial charge in [0.1, 0.15) is 0 Å². The topological polar surface area (TPSA) is 71.3 Å². The summed E-state index contributed by atoms with van der Waals surface area (Å²) >= 11 is 6.20. The number of aromatic nitrogens is 1. The molecule has 1 amide bonds. The van der Waals surface area contributed by atoms with Gasteiger partial charge < -0.3 is 15.0 Å². The van der Waals surface area contributed by atoms with E-state index in [1.54, 1.807) is 24.3 Å². The van der Waals surface area contributed by atoms with Crippen molar-refractivity contribution < 1.29 is 14.7 Å². The summed E-state index contributed by atoms with van der Waals surface area (Å²) in [6.07, 6.45) is 6.38. The van der Waals surface area contributed by atoms with Crippen molar-refractivity contribution in [3.63, 3.8) is 0 Å². The minimum Gasteiger partial charge on any atom is -0.478 e. The molecule has 0 saturated heterocycles. The zero-order chi connectivity index (χ0) is 23.7. The number of aromatic carboxylic acids is 1. The van der Waals surface area contributed by atoms with Crippen molar-refractivity contribution >= 4 is 34.4 Å². The number of amides is 1. The molecule has 3 aromatic carbocycles. The summed E-state index contributed by atoms with van der Waals surface area (Å²) in [6, 6.07) is 18.5. The maximum atomic E-state index is 13.4. The fraction of sp³-hybridized carbons (Fsp3) is 0.214. The molecule has 0 aliphatic heterocycles. The predicted octanol–water partition coefficient (Wildman–Crippen LogP) is 5.85. The average molecular weight is 473 g/mol. The van der Waals surface area contributed by atoms with Crippen LogP contribution in [-0.2, 0) is 25.9 Å². The van der Waals surface area contributed by atoms with E-state index in [9.17, 15) is 9.59 Å². The number of carbonyl (C=O) groups is 2. The predicted molar refractivity (Wildman–Crippen MR) is 134 cm³/mol. The summed E-state index contributed by atoms with van der Waals surface area (Å²) in [5.41, 5.74) is 6.38. The second kappa shape index (κ2) is 9.35. The maximum Gasteiger partial charge on any atom is 0.335 e. The molecule has 2 N–H and O–H groups in total. The largest absolute Gasteiger partial charge is 0.478 e. The van der Waals surface area contributed by atoms with Crippen LogP contribution in [0.4, 0.5) is 0 Å². The van der Waals surface area contributed by atoms with Crippen LogP contribution in [0.1, 0.15) is 55.8 Å². The minimum absolute atomic E-state index is 0.133. The van der Waals surface area contributed by atoms with E-state index in [0.717, 1.165) is 41.3 Å². The Morgan fingerprint density at radius 2 is 1.76 bits per heavy atom. The molecular weight excluding hydrogens is 448 g/mol. The first kappa shape index (κ1) is 22.2. The molecule has 172 valence electrons. The molecule has 1 aliphatic rings. The molecule has 5 nitrogen and oxygen atoms in total. The Morgan fingerprint density at radius 1 is 0.971 bits per heavy atom. The van der Waals surface area contributed by atoms with Crippen LogP contribution < -0.4 is 5.32 Å². The van der Waals surface area contributed by atoms with E-state index in [1.165, 1.54) is 17.5 Å². The minimum atomic E-state index is -0.965. The summed E-state index contributed by atoms with van der Waals surface area (Å²) in [5.74, 6) is -1.10. The van der Waals surface area contributed by atoms with Crippen LogP contribution in [0.3, 0.4) is 0 Å². The highest BCUT2D eigenvalue weighted by Crippen LogP contribution is 2.33. The first-order valence-corrected chi connectivity index (χ1v) is 11.9. The lowest BCUT2D eigenvalue weighted by atomic mass is 9.87. The highest BCUT2D eigenvalue weighted by Gasteiger charge is 2.21. The molecule has 0 atom stereocenters. The van der Waals surface area contributed by atoms with E-state index in [4.69, 9.17) is 16.7 Å². The molecule has 0 bridgehead atoms. The summed E-state index contributed by atoms with van der Waals surface area (Å²) in [7, 11) is 0. The summed E-state index contributed by atoms with van der Waals surface area (Å²) in [6.45, 7) is 0.950. The number of carboxylic acids is 1. The number of fused-ring (bicyclic) bond motifs is 3. The first-order chi connectivity index (χ1) is 16.5. The third kappa shape index (κ3) is 4.44. The number of hydrogen-bond acceptors (Lipinski definition) is 2. The third-order valence-electron chi connectivity index (χ3n) is 6.51. The van der Waals surface area contributed by atoms with Gasteiger partial charge in [0.15, 0.2) is 0 Å². The monoisotopic (exact) mass is 472 g/mol. The van der Waals surface area contributed by atoms with Crippen LogP contribution in [-0.4, -0.2) is 21.6 Å². The molecule has 0 unspecified atom stereocenters. The van der Waals surface area contributed by atoms with Gasteiger partial charge in [0.25, 0.3) is 5.91 Å². The molecule has 0 radical (unpaired) electrons. The van der Waals surface area contributed by atoms with E-state index < -0.39 is 5.97 Å². The van der Waals surface area contributed by atoms with E-state index in [-0.39, 0.29) is 11.5 Å². The smallest absolute Gasteiger partial charge is 0.335 e. The van der Waals surface area contributed by atoms with Gasteiger partial charge in [-0.1, -0.05) is 35.9 Å². The van der Waals surface area contributed by atoms with Crippen LogP contribution in [0.5, 0.6) is 0 Å². The summed E-state index contributed by atoms with van der Waals surface area (Å²) in [5, 5.41) is 14.0. The van der Waals surface area contributed by atoms with Crippen LogP contribution in [0.15, 0.2) is 66.9 Å². The van der Waals surface area contributed by atoms with Gasteiger partial charge in [-0.15, -0.1) is 0 Å². The maximum absolute atomic E-state index is 13.4. The van der Waals surface area contributed by atoms with Gasteiger partial charge in [-0.2, -0.15) is 0 Å². The zero-order valence-corrected chi connectivity index (χ0v) is 19.4. The summed E-state index contributed by atoms with van der Waals surface area (Å²) in [4.78, 5) is 24.5. The van der Waals surface area contributed by atoms with Gasteiger partial charge >= 0.3 is 5.97 Å². The SMILES string of the molecule is O=C(O)c1ccc(CNC(=O)c2cc3c(c4ccn(Cc5cccc(Cl)c5)c24)CCCC3)cc1. The van der Waals surface area contributed by atoms with E-state index in [2.05, 4.69) is 28.2 Å². The lowest BCUT2D eigenvalue weighted by Crippen LogP contribution is -2.24. The average Bonchev–Trinajstić information content (AvgIpc) is 3.26. The van der Waals surface area contributed by atoms with Crippen molar-refractivity contribution in [2.45, 2.75) is 38.8 Å². The van der Waals surface area contributed by atoms with Crippen molar-refractivity contribution in [1.29, 1.82) is 0 Å². The van der Waals surface area contributed by atoms with Crippen molar-refractivity contribution in [1.82, 2.24) is 9.88 Å². The lowest BCUT2D eigenvalue weighted by Gasteiger charge is -2.20. The third-order valence-corrected chi connectivity index (χ3v) is 6.75. The van der Waals surface area contributed by atoms with E-state index >= 15 is 0 Å². The van der Waals surface area contributed by atoms with Gasteiger partial charge in [-0.25, -0.2) is 4.79 Å². The number of halogens is 1. The Kier molecular flexibility index (Phi) is 6.12. The fourth-order valence-electron chi connectivity index (χ4n) is 4.83. The summed E-state index contributed by atoms with van der Waals surface area (Å²) < 4.78 is 2.13. The number of hydrogen-bond donors (Lipinski definition) is 2. The molecule has 4 aromatic rings. The van der Waals surface area contributed by atoms with Gasteiger partial charge in [-0.3, -0.25) is 4.79 Å². The number of nitrogens with one attached hydrogen (secondary N) is 1. The normalized spacial score (nSPS) is 13.0. The molecular formula is C28H25ClN2O3. The molecule has 1 heterocycles. The molecule has 0 saturated carbocycles. The second-order valence-corrected chi connectivity index (χ2v) is 9.23. The zero-order valence-electron chi connectivity index (χ0n) is 18.7. The van der Waals surface area contributed by atoms with Gasteiger partial charge in [-0.05, 0) is 84.3 Å². The Morgan fingerprint density at radius 3 is 2.53 bits per heavy atom. The molecule has 0 spiro atoms. The van der Waals surface area contributed by atoms with E-state index in [1.807, 2.05) is 24.3 Å². The molecule has 1 aromatic heterocycles. The standard InChI is InChI=1S/C28H25ClN2O3/c29-22-6-3-4-19(14-22)17-31-13-12-24-23-7-2-1-5-21(23)15-25(26(24)31)27(32)30-16-18-8-10-20(11-9-18)28(33)34/h3-4,6,8-15H,1-2,5,7,16-17H2,(H,30,32)(H,33,34). The fourth-order valence-corrected chi connectivity index (χ4v) is 5.05. The van der Waals surface area contributed by atoms with Crippen LogP contribution in [0, 0.1) is 0 Å². The molecule has 6 heteroatoms. The second-order valence-electron chi connectivity index (χ2n) is 8.79. The van der Waals surface area contributed by atoms with Crippen LogP contribution >= 0.6 is 11.6 Å². The van der Waals surface area contributed by atoms with Crippen molar-refractivity contribution in [2.75, 3.05) is 0 Å². The number of carbonyl (C=O) groups excluding carboxylic acids is 1. The molecule has 5 rings (SSSR count). The Balaban J connectivity index is 1.49. The van der Waals surface area contributed by atoms with E-state index in [0.29, 0.717) is 23.7 Å². The number of aryl methyl sites for hydroxylation is 2. The number of benzene rings is 3. The molecule has 1 aliphatic carbocycles. The quantitative estimate of drug-likeness (QED) is 0.369. The van der Waals surface area contributed by atoms with Crippen LogP contribution in [0.2, 0.25) is 5.02 Å². The Hall–Kier alpha value is -3.57. The Labute approximate surface area is 203 Å². The number of nitrogens with zero attached hydrogens (tertiary/aromatic N) is 1. The number of rotatable bonds is 6. The highest BCUT2D eigenvalue weighted by atomic mass is 35.5. The van der Waals surface area contributed by atoms with Crippen molar-refractivity contribution in [2.24, 2.45) is 0 Å². The molecule has 0 fully saturated rings. The molecule has 34 heavy (non-hydrogen) atoms. The van der Waals surface area contributed by atoms with Crippen LogP contribution in [0.25, 0.3) is 10.9 Å². The first-order valence-electron chi connectivity index (χ1n) is 11.5. The number of carboxylic acid groups (broad SMARTS) is 1. The van der Waals surface area contributed by atoms with Gasteiger partial charge in [0.05, 0.1) is 16.6 Å². The van der Waals surface area contributed by atoms with Crippen molar-refractivity contribution in [3.8, 4) is 0 Å². The highest BCUT2D eigenvalue weighted by molar-refractivity contribution is 6.30. The Bertz CT molecular complexity index is 1390. The van der Waals surface area contributed by atoms with Crippen molar-refractivity contribution in [3.05, 3.63) is 105 Å². The lowest BCUT2D eigenvalue weighted by molar-refractivity contribution is 0.0696. The van der Waals surface area contributed by atoms with Gasteiger partial charge in [0, 0.05) is 29.7 Å².